The summed E-state index contributed by atoms with van der Waals surface area (Å²) in [5.74, 6) is 5.58. The van der Waals surface area contributed by atoms with Crippen molar-refractivity contribution in [3.8, 4) is 0 Å². The molecule has 0 amide bonds. The molecule has 0 radical (unpaired) electrons. The minimum Gasteiger partial charge on any atom is -0.271 e. The molecular formula is C10H9BrCl2N2S2. The normalized spacial score (nSPS) is 12.9. The van der Waals surface area contributed by atoms with Crippen LogP contribution in [0.2, 0.25) is 8.67 Å². The monoisotopic (exact) mass is 370 g/mol. The topological polar surface area (TPSA) is 38.0 Å². The number of nitrogens with one attached hydrogen (secondary N) is 1. The molecular weight excluding hydrogens is 363 g/mol. The number of rotatable bonds is 4. The Morgan fingerprint density at radius 3 is 2.59 bits per heavy atom. The second-order valence-electron chi connectivity index (χ2n) is 3.41. The zero-order valence-electron chi connectivity index (χ0n) is 8.54. The van der Waals surface area contributed by atoms with Gasteiger partial charge in [0.25, 0.3) is 0 Å². The minimum atomic E-state index is -0.0169. The lowest BCUT2D eigenvalue weighted by Crippen LogP contribution is -2.29. The Morgan fingerprint density at radius 2 is 2.12 bits per heavy atom. The third kappa shape index (κ3) is 3.44. The van der Waals surface area contributed by atoms with Crippen LogP contribution in [0.15, 0.2) is 22.0 Å². The first-order valence-corrected chi connectivity index (χ1v) is 7.93. The van der Waals surface area contributed by atoms with Gasteiger partial charge in [0.1, 0.15) is 0 Å². The second-order valence-corrected chi connectivity index (χ2v) is 8.24. The van der Waals surface area contributed by atoms with Gasteiger partial charge in [0, 0.05) is 16.9 Å². The van der Waals surface area contributed by atoms with Crippen molar-refractivity contribution in [1.82, 2.24) is 5.43 Å². The summed E-state index contributed by atoms with van der Waals surface area (Å²) in [4.78, 5) is 1.23. The van der Waals surface area contributed by atoms with E-state index in [1.54, 1.807) is 11.3 Å². The van der Waals surface area contributed by atoms with Crippen LogP contribution < -0.4 is 11.3 Å². The summed E-state index contributed by atoms with van der Waals surface area (Å²) in [5.41, 5.74) is 3.74. The van der Waals surface area contributed by atoms with E-state index in [0.717, 1.165) is 15.8 Å². The fourth-order valence-corrected chi connectivity index (χ4v) is 4.62. The van der Waals surface area contributed by atoms with Gasteiger partial charge in [0.05, 0.1) is 18.5 Å². The van der Waals surface area contributed by atoms with Crippen molar-refractivity contribution < 1.29 is 0 Å². The molecule has 0 spiro atoms. The van der Waals surface area contributed by atoms with Crippen LogP contribution in [0.3, 0.4) is 0 Å². The fraction of sp³-hybridized carbons (Fsp3) is 0.200. The Balaban J connectivity index is 2.19. The summed E-state index contributed by atoms with van der Waals surface area (Å²) in [6, 6.07) is 5.94. The first-order valence-electron chi connectivity index (χ1n) is 4.75. The molecule has 2 aromatic heterocycles. The zero-order chi connectivity index (χ0) is 12.4. The van der Waals surface area contributed by atoms with Crippen molar-refractivity contribution in [2.45, 2.75) is 12.5 Å². The van der Waals surface area contributed by atoms with E-state index in [1.807, 2.05) is 12.1 Å². The van der Waals surface area contributed by atoms with Gasteiger partial charge >= 0.3 is 0 Å². The van der Waals surface area contributed by atoms with Crippen LogP contribution in [-0.2, 0) is 6.42 Å². The van der Waals surface area contributed by atoms with Gasteiger partial charge in [-0.2, -0.15) is 0 Å². The Labute approximate surface area is 126 Å². The van der Waals surface area contributed by atoms with Gasteiger partial charge in [-0.25, -0.2) is 0 Å². The Morgan fingerprint density at radius 1 is 1.35 bits per heavy atom. The lowest BCUT2D eigenvalue weighted by molar-refractivity contribution is 0.557. The van der Waals surface area contributed by atoms with Crippen molar-refractivity contribution in [2.24, 2.45) is 5.84 Å². The zero-order valence-corrected chi connectivity index (χ0v) is 13.3. The molecule has 0 aliphatic rings. The molecule has 1 unspecified atom stereocenters. The van der Waals surface area contributed by atoms with Crippen LogP contribution in [0.4, 0.5) is 0 Å². The maximum absolute atomic E-state index is 6.12. The van der Waals surface area contributed by atoms with Crippen LogP contribution >= 0.6 is 61.8 Å². The third-order valence-corrected chi connectivity index (χ3v) is 5.46. The van der Waals surface area contributed by atoms with Gasteiger partial charge in [-0.3, -0.25) is 11.3 Å². The molecule has 0 saturated heterocycles. The van der Waals surface area contributed by atoms with E-state index in [9.17, 15) is 0 Å². The predicted molar refractivity (Wildman–Crippen MR) is 80.1 cm³/mol. The van der Waals surface area contributed by atoms with Gasteiger partial charge in [-0.1, -0.05) is 23.2 Å². The number of thiophene rings is 2. The van der Waals surface area contributed by atoms with E-state index < -0.39 is 0 Å². The molecule has 2 nitrogen and oxygen atoms in total. The highest BCUT2D eigenvalue weighted by atomic mass is 79.9. The van der Waals surface area contributed by atoms with E-state index in [1.165, 1.54) is 16.2 Å². The van der Waals surface area contributed by atoms with Crippen molar-refractivity contribution >= 4 is 61.8 Å². The number of hydrogen-bond acceptors (Lipinski definition) is 4. The van der Waals surface area contributed by atoms with E-state index in [-0.39, 0.29) is 6.04 Å². The van der Waals surface area contributed by atoms with E-state index in [4.69, 9.17) is 29.0 Å². The van der Waals surface area contributed by atoms with Crippen molar-refractivity contribution in [1.29, 1.82) is 0 Å². The standard InChI is InChI=1S/C10H9BrCl2N2S2/c11-8-2-1-5(16-8)3-7(15-14)6-4-9(12)17-10(6)13/h1-2,4,7,15H,3,14H2. The van der Waals surface area contributed by atoms with Crippen LogP contribution in [0.5, 0.6) is 0 Å². The summed E-state index contributed by atoms with van der Waals surface area (Å²) in [6.45, 7) is 0. The highest BCUT2D eigenvalue weighted by molar-refractivity contribution is 9.11. The Hall–Kier alpha value is 0.380. The van der Waals surface area contributed by atoms with Crippen molar-refractivity contribution in [2.75, 3.05) is 0 Å². The first kappa shape index (κ1) is 13.8. The number of nitrogens with two attached hydrogens (primary N) is 1. The Kier molecular flexibility index (Phi) is 4.88. The largest absolute Gasteiger partial charge is 0.271 e. The second kappa shape index (κ2) is 6.02. The summed E-state index contributed by atoms with van der Waals surface area (Å²) < 4.78 is 2.48. The number of halogens is 3. The highest BCUT2D eigenvalue weighted by Crippen LogP contribution is 2.36. The average molecular weight is 372 g/mol. The quantitative estimate of drug-likeness (QED) is 0.607. The summed E-state index contributed by atoms with van der Waals surface area (Å²) in [7, 11) is 0. The molecule has 0 bridgehead atoms. The van der Waals surface area contributed by atoms with E-state index in [2.05, 4.69) is 27.4 Å². The van der Waals surface area contributed by atoms with Crippen LogP contribution in [-0.4, -0.2) is 0 Å². The fourth-order valence-electron chi connectivity index (χ4n) is 1.51. The van der Waals surface area contributed by atoms with Crippen molar-refractivity contribution in [3.05, 3.63) is 41.1 Å². The molecule has 17 heavy (non-hydrogen) atoms. The summed E-state index contributed by atoms with van der Waals surface area (Å²) in [5, 5.41) is 0. The van der Waals surface area contributed by atoms with Crippen LogP contribution in [0.25, 0.3) is 0 Å². The van der Waals surface area contributed by atoms with Crippen molar-refractivity contribution in [3.63, 3.8) is 0 Å². The number of hydrogen-bond donors (Lipinski definition) is 2. The average Bonchev–Trinajstić information content (AvgIpc) is 2.82. The molecule has 2 rings (SSSR count). The Bertz CT molecular complexity index is 512. The molecule has 0 aliphatic carbocycles. The molecule has 1 atom stereocenters. The molecule has 2 aromatic rings. The molecule has 0 aliphatic heterocycles. The van der Waals surface area contributed by atoms with E-state index in [0.29, 0.717) is 8.67 Å². The summed E-state index contributed by atoms with van der Waals surface area (Å²) >= 11 is 18.5. The molecule has 0 saturated carbocycles. The molecule has 2 heterocycles. The lowest BCUT2D eigenvalue weighted by Gasteiger charge is -2.14. The third-order valence-electron chi connectivity index (χ3n) is 2.29. The molecule has 0 fully saturated rings. The van der Waals surface area contributed by atoms with Gasteiger partial charge in [0.15, 0.2) is 0 Å². The SMILES string of the molecule is NNC(Cc1ccc(Br)s1)c1cc(Cl)sc1Cl. The van der Waals surface area contributed by atoms with Gasteiger partial charge in [-0.05, 0) is 34.1 Å². The van der Waals surface area contributed by atoms with Gasteiger partial charge in [0.2, 0.25) is 0 Å². The molecule has 3 N–H and O–H groups in total. The number of hydrazine groups is 1. The molecule has 7 heteroatoms. The maximum Gasteiger partial charge on any atom is 0.0992 e. The summed E-state index contributed by atoms with van der Waals surface area (Å²) in [6.07, 6.45) is 0.791. The lowest BCUT2D eigenvalue weighted by atomic mass is 10.1. The minimum absolute atomic E-state index is 0.0169. The molecule has 92 valence electrons. The smallest absolute Gasteiger partial charge is 0.0992 e. The predicted octanol–water partition coefficient (Wildman–Crippen LogP) is 4.63. The van der Waals surface area contributed by atoms with Gasteiger partial charge < -0.3 is 0 Å². The van der Waals surface area contributed by atoms with Crippen LogP contribution in [0.1, 0.15) is 16.5 Å². The molecule has 0 aromatic carbocycles. The van der Waals surface area contributed by atoms with Crippen LogP contribution in [0, 0.1) is 0 Å². The van der Waals surface area contributed by atoms with Gasteiger partial charge in [-0.15, -0.1) is 22.7 Å². The highest BCUT2D eigenvalue weighted by Gasteiger charge is 2.17. The first-order chi connectivity index (χ1) is 8.10. The maximum atomic E-state index is 6.12. The van der Waals surface area contributed by atoms with E-state index >= 15 is 0 Å².